The lowest BCUT2D eigenvalue weighted by Gasteiger charge is -2.31. The predicted molar refractivity (Wildman–Crippen MR) is 68.4 cm³/mol. The van der Waals surface area contributed by atoms with Gasteiger partial charge in [-0.05, 0) is 12.8 Å². The molecule has 104 valence electrons. The van der Waals surface area contributed by atoms with Crippen LogP contribution in [0.25, 0.3) is 0 Å². The molecule has 1 spiro atoms. The fourth-order valence-electron chi connectivity index (χ4n) is 2.99. The van der Waals surface area contributed by atoms with Gasteiger partial charge in [0.25, 0.3) is 0 Å². The predicted octanol–water partition coefficient (Wildman–Crippen LogP) is 1.76. The van der Waals surface area contributed by atoms with Gasteiger partial charge in [-0.25, -0.2) is 0 Å². The molecule has 1 N–H and O–H groups in total. The van der Waals surface area contributed by atoms with Crippen molar-refractivity contribution < 1.29 is 14.6 Å². The second-order valence-electron chi connectivity index (χ2n) is 5.25. The zero-order valence-corrected chi connectivity index (χ0v) is 11.0. The first-order chi connectivity index (χ1) is 9.33. The Bertz CT molecular complexity index is 432. The van der Waals surface area contributed by atoms with Crippen LogP contribution < -0.4 is 0 Å². The molecule has 1 saturated heterocycles. The first-order valence-corrected chi connectivity index (χ1v) is 7.05. The second kappa shape index (κ2) is 5.53. The van der Waals surface area contributed by atoms with Crippen LogP contribution in [0.4, 0.5) is 0 Å². The highest BCUT2D eigenvalue weighted by Crippen LogP contribution is 2.42. The molecule has 2 aliphatic rings. The molecule has 2 heterocycles. The Morgan fingerprint density at radius 1 is 1.21 bits per heavy atom. The molecule has 2 fully saturated rings. The molecule has 1 atom stereocenters. The molecule has 3 rings (SSSR count). The molecule has 5 nitrogen and oxygen atoms in total. The van der Waals surface area contributed by atoms with Gasteiger partial charge in [-0.15, -0.1) is 0 Å². The Morgan fingerprint density at radius 3 is 2.79 bits per heavy atom. The molecule has 1 aliphatic carbocycles. The summed E-state index contributed by atoms with van der Waals surface area (Å²) in [5.74, 6) is -0.392. The highest BCUT2D eigenvalue weighted by Gasteiger charge is 2.43. The first-order valence-electron chi connectivity index (χ1n) is 7.05. The molecule has 0 amide bonds. The van der Waals surface area contributed by atoms with E-state index in [-0.39, 0.29) is 12.7 Å². The quantitative estimate of drug-likeness (QED) is 0.901. The van der Waals surface area contributed by atoms with E-state index < -0.39 is 5.79 Å². The smallest absolute Gasteiger partial charge is 0.169 e. The molecule has 0 unspecified atom stereocenters. The van der Waals surface area contributed by atoms with Gasteiger partial charge >= 0.3 is 0 Å². The van der Waals surface area contributed by atoms with E-state index in [0.717, 1.165) is 37.1 Å². The fraction of sp³-hybridized carbons (Fsp3) is 0.714. The van der Waals surface area contributed by atoms with Crippen molar-refractivity contribution in [3.8, 4) is 0 Å². The van der Waals surface area contributed by atoms with Crippen LogP contribution in [0.15, 0.2) is 12.4 Å². The molecule has 0 radical (unpaired) electrons. The number of rotatable bonds is 3. The number of hydrogen-bond acceptors (Lipinski definition) is 5. The first kappa shape index (κ1) is 13.0. The third-order valence-corrected chi connectivity index (χ3v) is 3.93. The van der Waals surface area contributed by atoms with Crippen molar-refractivity contribution >= 4 is 0 Å². The molecular formula is C14H20N2O3. The van der Waals surface area contributed by atoms with Gasteiger partial charge in [0, 0.05) is 38.3 Å². The summed E-state index contributed by atoms with van der Waals surface area (Å²) in [5, 5.41) is 9.09. The summed E-state index contributed by atoms with van der Waals surface area (Å²) in [6, 6.07) is 0. The largest absolute Gasteiger partial charge is 0.396 e. The van der Waals surface area contributed by atoms with Crippen LogP contribution in [-0.2, 0) is 15.9 Å². The number of aliphatic hydroxyl groups is 1. The monoisotopic (exact) mass is 264 g/mol. The van der Waals surface area contributed by atoms with Crippen molar-refractivity contribution in [2.45, 2.75) is 50.4 Å². The van der Waals surface area contributed by atoms with E-state index in [1.807, 2.05) is 0 Å². The van der Waals surface area contributed by atoms with Crippen molar-refractivity contribution in [2.75, 3.05) is 13.2 Å². The normalized spacial score (nSPS) is 25.8. The van der Waals surface area contributed by atoms with E-state index in [1.165, 1.54) is 6.42 Å². The van der Waals surface area contributed by atoms with Crippen LogP contribution >= 0.6 is 0 Å². The minimum Gasteiger partial charge on any atom is -0.396 e. The molecule has 19 heavy (non-hydrogen) atoms. The average Bonchev–Trinajstić information content (AvgIpc) is 2.84. The lowest BCUT2D eigenvalue weighted by molar-refractivity contribution is -0.188. The molecule has 1 aromatic rings. The molecule has 0 bridgehead atoms. The van der Waals surface area contributed by atoms with E-state index in [9.17, 15) is 0 Å². The van der Waals surface area contributed by atoms with Gasteiger partial charge in [0.15, 0.2) is 5.79 Å². The van der Waals surface area contributed by atoms with Crippen molar-refractivity contribution in [3.05, 3.63) is 23.8 Å². The maximum absolute atomic E-state index is 9.09. The van der Waals surface area contributed by atoms with Crippen molar-refractivity contribution in [1.82, 2.24) is 9.97 Å². The number of ether oxygens (including phenoxy) is 2. The lowest BCUT2D eigenvalue weighted by Crippen LogP contribution is -2.32. The molecule has 5 heteroatoms. The minimum atomic E-state index is -0.392. The van der Waals surface area contributed by atoms with E-state index in [2.05, 4.69) is 9.97 Å². The van der Waals surface area contributed by atoms with Crippen LogP contribution in [0.5, 0.6) is 0 Å². The van der Waals surface area contributed by atoms with Crippen LogP contribution in [0, 0.1) is 0 Å². The van der Waals surface area contributed by atoms with Gasteiger partial charge in [-0.2, -0.15) is 0 Å². The maximum atomic E-state index is 9.09. The van der Waals surface area contributed by atoms with Gasteiger partial charge in [-0.3, -0.25) is 9.97 Å². The van der Waals surface area contributed by atoms with Gasteiger partial charge in [0.05, 0.1) is 18.0 Å². The number of nitrogens with zero attached hydrogens (tertiary/aromatic N) is 2. The third kappa shape index (κ3) is 2.63. The topological polar surface area (TPSA) is 64.5 Å². The third-order valence-electron chi connectivity index (χ3n) is 3.93. The summed E-state index contributed by atoms with van der Waals surface area (Å²) in [4.78, 5) is 8.67. The van der Waals surface area contributed by atoms with Crippen molar-refractivity contribution in [2.24, 2.45) is 0 Å². The van der Waals surface area contributed by atoms with E-state index in [0.29, 0.717) is 13.0 Å². The number of aliphatic hydroxyl groups excluding tert-OH is 1. The van der Waals surface area contributed by atoms with Crippen LogP contribution in [0.1, 0.15) is 49.6 Å². The maximum Gasteiger partial charge on any atom is 0.169 e. The molecule has 1 aromatic heterocycles. The number of aromatic nitrogens is 2. The van der Waals surface area contributed by atoms with Crippen molar-refractivity contribution in [3.63, 3.8) is 0 Å². The van der Waals surface area contributed by atoms with Gasteiger partial charge in [-0.1, -0.05) is 6.42 Å². The minimum absolute atomic E-state index is 0.0738. The van der Waals surface area contributed by atoms with Crippen molar-refractivity contribution in [1.29, 1.82) is 0 Å². The average molecular weight is 264 g/mol. The lowest BCUT2D eigenvalue weighted by atomic mass is 9.94. The summed E-state index contributed by atoms with van der Waals surface area (Å²) < 4.78 is 12.1. The van der Waals surface area contributed by atoms with Crippen LogP contribution in [0.3, 0.4) is 0 Å². The van der Waals surface area contributed by atoms with Crippen LogP contribution in [-0.4, -0.2) is 34.1 Å². The SMILES string of the molecule is OCCc1nccnc1[C@@H]1COC2(CCCCC2)O1. The zero-order chi connectivity index (χ0) is 13.1. The Kier molecular flexibility index (Phi) is 3.77. The summed E-state index contributed by atoms with van der Waals surface area (Å²) in [5.41, 5.74) is 1.63. The summed E-state index contributed by atoms with van der Waals surface area (Å²) in [6.45, 7) is 0.613. The summed E-state index contributed by atoms with van der Waals surface area (Å²) in [6.07, 6.45) is 9.22. The Morgan fingerprint density at radius 2 is 2.00 bits per heavy atom. The number of hydrogen-bond donors (Lipinski definition) is 1. The fourth-order valence-corrected chi connectivity index (χ4v) is 2.99. The Labute approximate surface area is 113 Å². The second-order valence-corrected chi connectivity index (χ2v) is 5.25. The molecule has 1 saturated carbocycles. The van der Waals surface area contributed by atoms with E-state index >= 15 is 0 Å². The molecular weight excluding hydrogens is 244 g/mol. The highest BCUT2D eigenvalue weighted by atomic mass is 16.7. The molecule has 1 aliphatic heterocycles. The molecule has 0 aromatic carbocycles. The Hall–Kier alpha value is -1.04. The zero-order valence-electron chi connectivity index (χ0n) is 11.0. The van der Waals surface area contributed by atoms with Gasteiger partial charge in [0.2, 0.25) is 0 Å². The Balaban J connectivity index is 1.77. The van der Waals surface area contributed by atoms with Gasteiger partial charge < -0.3 is 14.6 Å². The summed E-state index contributed by atoms with van der Waals surface area (Å²) >= 11 is 0. The standard InChI is InChI=1S/C14H20N2O3/c17-9-4-11-13(16-8-7-15-11)12-10-18-14(19-12)5-2-1-3-6-14/h7-8,12,17H,1-6,9-10H2/t12-/m0/s1. The van der Waals surface area contributed by atoms with Gasteiger partial charge in [0.1, 0.15) is 6.10 Å². The van der Waals surface area contributed by atoms with Crippen LogP contribution in [0.2, 0.25) is 0 Å². The summed E-state index contributed by atoms with van der Waals surface area (Å²) in [7, 11) is 0. The van der Waals surface area contributed by atoms with E-state index in [1.54, 1.807) is 12.4 Å². The highest BCUT2D eigenvalue weighted by molar-refractivity contribution is 5.15. The van der Waals surface area contributed by atoms with E-state index in [4.69, 9.17) is 14.6 Å².